The van der Waals surface area contributed by atoms with Crippen LogP contribution in [-0.4, -0.2) is 27.3 Å². The van der Waals surface area contributed by atoms with Crippen LogP contribution in [0.2, 0.25) is 0 Å². The van der Waals surface area contributed by atoms with Gasteiger partial charge in [0.25, 0.3) is 5.56 Å². The first kappa shape index (κ1) is 15.3. The van der Waals surface area contributed by atoms with Gasteiger partial charge < -0.3 is 14.8 Å². The Morgan fingerprint density at radius 2 is 1.80 bits per heavy atom. The van der Waals surface area contributed by atoms with E-state index in [-0.39, 0.29) is 0 Å². The van der Waals surface area contributed by atoms with Gasteiger partial charge in [-0.05, 0) is 18.2 Å². The summed E-state index contributed by atoms with van der Waals surface area (Å²) in [5, 5.41) is 3.56. The SMILES string of the molecule is Cn1c(=O)c2c(Nc3ccc4c(c3)OCCO4)ccnc2n(C)c1=O. The number of pyridine rings is 1. The van der Waals surface area contributed by atoms with Crippen molar-refractivity contribution in [2.45, 2.75) is 0 Å². The summed E-state index contributed by atoms with van der Waals surface area (Å²) in [4.78, 5) is 28.8. The summed E-state index contributed by atoms with van der Waals surface area (Å²) in [6, 6.07) is 7.17. The second kappa shape index (κ2) is 5.66. The van der Waals surface area contributed by atoms with Crippen LogP contribution in [-0.2, 0) is 14.1 Å². The lowest BCUT2D eigenvalue weighted by molar-refractivity contribution is 0.171. The lowest BCUT2D eigenvalue weighted by Crippen LogP contribution is -2.37. The molecule has 0 saturated carbocycles. The molecular formula is C17H16N4O4. The molecule has 25 heavy (non-hydrogen) atoms. The van der Waals surface area contributed by atoms with E-state index < -0.39 is 11.2 Å². The molecule has 3 heterocycles. The molecule has 0 aliphatic carbocycles. The predicted octanol–water partition coefficient (Wildman–Crippen LogP) is 1.15. The summed E-state index contributed by atoms with van der Waals surface area (Å²) >= 11 is 0. The number of hydrogen-bond donors (Lipinski definition) is 1. The minimum Gasteiger partial charge on any atom is -0.486 e. The molecular weight excluding hydrogens is 324 g/mol. The zero-order chi connectivity index (χ0) is 17.6. The van der Waals surface area contributed by atoms with E-state index in [1.807, 2.05) is 18.2 Å². The van der Waals surface area contributed by atoms with Gasteiger partial charge in [0, 0.05) is 32.0 Å². The average Bonchev–Trinajstić information content (AvgIpc) is 2.64. The zero-order valence-corrected chi connectivity index (χ0v) is 13.8. The van der Waals surface area contributed by atoms with Gasteiger partial charge in [0.15, 0.2) is 17.1 Å². The predicted molar refractivity (Wildman–Crippen MR) is 92.9 cm³/mol. The molecule has 1 N–H and O–H groups in total. The Morgan fingerprint density at radius 1 is 1.04 bits per heavy atom. The van der Waals surface area contributed by atoms with Crippen molar-refractivity contribution in [1.29, 1.82) is 0 Å². The van der Waals surface area contributed by atoms with Gasteiger partial charge in [-0.1, -0.05) is 0 Å². The number of hydrogen-bond acceptors (Lipinski definition) is 6. The average molecular weight is 340 g/mol. The molecule has 0 unspecified atom stereocenters. The highest BCUT2D eigenvalue weighted by molar-refractivity contribution is 5.90. The van der Waals surface area contributed by atoms with Crippen LogP contribution in [0.5, 0.6) is 11.5 Å². The van der Waals surface area contributed by atoms with Gasteiger partial charge in [-0.3, -0.25) is 13.9 Å². The molecule has 0 radical (unpaired) electrons. The topological polar surface area (TPSA) is 87.4 Å². The lowest BCUT2D eigenvalue weighted by Gasteiger charge is -2.19. The van der Waals surface area contributed by atoms with Crippen molar-refractivity contribution in [3.63, 3.8) is 0 Å². The maximum Gasteiger partial charge on any atom is 0.332 e. The van der Waals surface area contributed by atoms with E-state index in [1.165, 1.54) is 11.6 Å². The molecule has 3 aromatic rings. The molecule has 1 aliphatic heterocycles. The maximum atomic E-state index is 12.6. The van der Waals surface area contributed by atoms with E-state index in [1.54, 1.807) is 19.3 Å². The summed E-state index contributed by atoms with van der Waals surface area (Å²) in [6.07, 6.45) is 1.56. The van der Waals surface area contributed by atoms with Crippen LogP contribution >= 0.6 is 0 Å². The normalized spacial score (nSPS) is 13.0. The largest absolute Gasteiger partial charge is 0.486 e. The molecule has 1 aliphatic rings. The molecule has 8 nitrogen and oxygen atoms in total. The van der Waals surface area contributed by atoms with Crippen molar-refractivity contribution in [3.05, 3.63) is 51.3 Å². The first-order valence-electron chi connectivity index (χ1n) is 7.77. The van der Waals surface area contributed by atoms with Crippen molar-refractivity contribution in [3.8, 4) is 11.5 Å². The van der Waals surface area contributed by atoms with Crippen molar-refractivity contribution in [1.82, 2.24) is 14.1 Å². The fraction of sp³-hybridized carbons (Fsp3) is 0.235. The third kappa shape index (κ3) is 2.42. The number of ether oxygens (including phenoxy) is 2. The second-order valence-electron chi connectivity index (χ2n) is 5.75. The number of benzene rings is 1. The van der Waals surface area contributed by atoms with Crippen LogP contribution in [0.4, 0.5) is 11.4 Å². The van der Waals surface area contributed by atoms with Gasteiger partial charge in [0.05, 0.1) is 5.69 Å². The molecule has 0 atom stereocenters. The summed E-state index contributed by atoms with van der Waals surface area (Å²) in [7, 11) is 3.04. The monoisotopic (exact) mass is 340 g/mol. The Labute approximate surface area is 142 Å². The number of nitrogens with zero attached hydrogens (tertiary/aromatic N) is 3. The fourth-order valence-corrected chi connectivity index (χ4v) is 2.87. The van der Waals surface area contributed by atoms with Gasteiger partial charge in [-0.15, -0.1) is 0 Å². The minimum atomic E-state index is -0.415. The Balaban J connectivity index is 1.85. The maximum absolute atomic E-state index is 12.6. The third-order valence-corrected chi connectivity index (χ3v) is 4.16. The molecule has 8 heteroatoms. The lowest BCUT2D eigenvalue weighted by atomic mass is 10.2. The molecule has 0 saturated heterocycles. The standard InChI is InChI=1S/C17H16N4O4/c1-20-15-14(16(22)21(2)17(20)23)11(5-6-18-15)19-10-3-4-12-13(9-10)25-8-7-24-12/h3-6,9H,7-8H2,1-2H3,(H,18,19). The molecule has 0 bridgehead atoms. The molecule has 0 spiro atoms. The number of nitrogens with one attached hydrogen (secondary N) is 1. The van der Waals surface area contributed by atoms with E-state index in [0.717, 1.165) is 10.3 Å². The molecule has 4 rings (SSSR count). The smallest absolute Gasteiger partial charge is 0.332 e. The number of aryl methyl sites for hydroxylation is 1. The summed E-state index contributed by atoms with van der Waals surface area (Å²) in [5.74, 6) is 1.34. The van der Waals surface area contributed by atoms with Gasteiger partial charge in [-0.2, -0.15) is 0 Å². The second-order valence-corrected chi connectivity index (χ2v) is 5.75. The molecule has 128 valence electrons. The molecule has 1 aromatic carbocycles. The summed E-state index contributed by atoms with van der Waals surface area (Å²) < 4.78 is 13.5. The quantitative estimate of drug-likeness (QED) is 0.753. The number of rotatable bonds is 2. The molecule has 0 amide bonds. The van der Waals surface area contributed by atoms with Crippen molar-refractivity contribution in [2.75, 3.05) is 18.5 Å². The Morgan fingerprint density at radius 3 is 2.60 bits per heavy atom. The van der Waals surface area contributed by atoms with Crippen molar-refractivity contribution < 1.29 is 9.47 Å². The van der Waals surface area contributed by atoms with Gasteiger partial charge in [-0.25, -0.2) is 9.78 Å². The third-order valence-electron chi connectivity index (χ3n) is 4.16. The van der Waals surface area contributed by atoms with Crippen molar-refractivity contribution >= 4 is 22.4 Å². The van der Waals surface area contributed by atoms with Crippen LogP contribution in [0.1, 0.15) is 0 Å². The van der Waals surface area contributed by atoms with Crippen LogP contribution in [0.25, 0.3) is 11.0 Å². The van der Waals surface area contributed by atoms with E-state index >= 15 is 0 Å². The number of aromatic nitrogens is 3. The van der Waals surface area contributed by atoms with Gasteiger partial charge >= 0.3 is 5.69 Å². The molecule has 2 aromatic heterocycles. The first-order chi connectivity index (χ1) is 12.1. The zero-order valence-electron chi connectivity index (χ0n) is 13.8. The first-order valence-corrected chi connectivity index (χ1v) is 7.77. The molecule has 0 fully saturated rings. The Hall–Kier alpha value is -3.29. The van der Waals surface area contributed by atoms with E-state index in [4.69, 9.17) is 9.47 Å². The van der Waals surface area contributed by atoms with Crippen LogP contribution in [0.15, 0.2) is 40.1 Å². The van der Waals surface area contributed by atoms with Gasteiger partial charge in [0.2, 0.25) is 0 Å². The number of anilines is 2. The Bertz CT molecular complexity index is 1100. The fourth-order valence-electron chi connectivity index (χ4n) is 2.87. The van der Waals surface area contributed by atoms with E-state index in [2.05, 4.69) is 10.3 Å². The highest BCUT2D eigenvalue weighted by atomic mass is 16.6. The minimum absolute atomic E-state index is 0.329. The van der Waals surface area contributed by atoms with Crippen LogP contribution in [0, 0.1) is 0 Å². The van der Waals surface area contributed by atoms with Crippen LogP contribution < -0.4 is 26.0 Å². The summed E-state index contributed by atoms with van der Waals surface area (Å²) in [6.45, 7) is 1.02. The highest BCUT2D eigenvalue weighted by Gasteiger charge is 2.15. The highest BCUT2D eigenvalue weighted by Crippen LogP contribution is 2.34. The van der Waals surface area contributed by atoms with Crippen LogP contribution in [0.3, 0.4) is 0 Å². The van der Waals surface area contributed by atoms with Crippen molar-refractivity contribution in [2.24, 2.45) is 14.1 Å². The summed E-state index contributed by atoms with van der Waals surface area (Å²) in [5.41, 5.74) is 0.828. The number of fused-ring (bicyclic) bond motifs is 2. The Kier molecular flexibility index (Phi) is 3.45. The van der Waals surface area contributed by atoms with E-state index in [9.17, 15) is 9.59 Å². The van der Waals surface area contributed by atoms with E-state index in [0.29, 0.717) is 41.4 Å². The van der Waals surface area contributed by atoms with Gasteiger partial charge in [0.1, 0.15) is 18.6 Å².